The van der Waals surface area contributed by atoms with Gasteiger partial charge in [-0.3, -0.25) is 14.5 Å². The van der Waals surface area contributed by atoms with Crippen LogP contribution in [0.2, 0.25) is 0 Å². The zero-order valence-corrected chi connectivity index (χ0v) is 18.5. The van der Waals surface area contributed by atoms with Gasteiger partial charge in [-0.1, -0.05) is 54.6 Å². The van der Waals surface area contributed by atoms with Crippen molar-refractivity contribution in [2.24, 2.45) is 0 Å². The second kappa shape index (κ2) is 11.4. The van der Waals surface area contributed by atoms with Crippen LogP contribution >= 0.6 is 0 Å². The molecule has 3 aromatic carbocycles. The van der Waals surface area contributed by atoms with Gasteiger partial charge in [-0.2, -0.15) is 0 Å². The van der Waals surface area contributed by atoms with Gasteiger partial charge in [0.15, 0.2) is 12.4 Å². The number of hydrogen-bond acceptors (Lipinski definition) is 5. The fraction of sp³-hybridized carbons (Fsp3) is 0.259. The van der Waals surface area contributed by atoms with Crippen molar-refractivity contribution in [3.05, 3.63) is 101 Å². The summed E-state index contributed by atoms with van der Waals surface area (Å²) in [6.07, 6.45) is 0. The Balaban J connectivity index is 1.26. The molecule has 1 fully saturated rings. The highest BCUT2D eigenvalue weighted by molar-refractivity contribution is 6.08. The lowest BCUT2D eigenvalue weighted by atomic mass is 10.0. The van der Waals surface area contributed by atoms with Gasteiger partial charge < -0.3 is 14.8 Å². The van der Waals surface area contributed by atoms with Crippen molar-refractivity contribution < 1.29 is 19.1 Å². The summed E-state index contributed by atoms with van der Waals surface area (Å²) in [6, 6.07) is 24.1. The molecule has 33 heavy (non-hydrogen) atoms. The number of amides is 1. The van der Waals surface area contributed by atoms with Crippen molar-refractivity contribution >= 4 is 11.7 Å². The number of nitrogens with zero attached hydrogens (tertiary/aromatic N) is 1. The molecule has 1 aliphatic rings. The molecule has 6 nitrogen and oxygen atoms in total. The predicted molar refractivity (Wildman–Crippen MR) is 126 cm³/mol. The molecule has 1 aliphatic heterocycles. The minimum absolute atomic E-state index is 0.0457. The van der Waals surface area contributed by atoms with Gasteiger partial charge in [-0.15, -0.1) is 0 Å². The molecular formula is C27H28N2O4. The lowest BCUT2D eigenvalue weighted by molar-refractivity contribution is -0.123. The van der Waals surface area contributed by atoms with E-state index in [-0.39, 0.29) is 18.3 Å². The Kier molecular flexibility index (Phi) is 7.85. The molecule has 0 unspecified atom stereocenters. The van der Waals surface area contributed by atoms with E-state index in [0.29, 0.717) is 23.4 Å². The molecule has 4 rings (SSSR count). The number of nitrogens with one attached hydrogen (secondary N) is 1. The minimum atomic E-state index is -0.194. The summed E-state index contributed by atoms with van der Waals surface area (Å²) < 4.78 is 11.0. The molecule has 1 N–H and O–H groups in total. The third kappa shape index (κ3) is 6.51. The van der Waals surface area contributed by atoms with E-state index in [0.717, 1.165) is 38.4 Å². The smallest absolute Gasteiger partial charge is 0.258 e. The Bertz CT molecular complexity index is 1060. The summed E-state index contributed by atoms with van der Waals surface area (Å²) in [5.41, 5.74) is 3.52. The van der Waals surface area contributed by atoms with Crippen LogP contribution in [-0.4, -0.2) is 49.5 Å². The summed E-state index contributed by atoms with van der Waals surface area (Å²) in [7, 11) is 0. The maximum atomic E-state index is 12.5. The van der Waals surface area contributed by atoms with Crippen LogP contribution in [0, 0.1) is 0 Å². The molecule has 0 radical (unpaired) electrons. The lowest BCUT2D eigenvalue weighted by Gasteiger charge is -2.27. The van der Waals surface area contributed by atoms with Crippen LogP contribution < -0.4 is 10.1 Å². The number of benzene rings is 3. The van der Waals surface area contributed by atoms with Crippen LogP contribution in [-0.2, 0) is 22.6 Å². The monoisotopic (exact) mass is 444 g/mol. The Morgan fingerprint density at radius 2 is 1.45 bits per heavy atom. The molecule has 0 bridgehead atoms. The van der Waals surface area contributed by atoms with E-state index in [1.807, 2.05) is 36.4 Å². The summed E-state index contributed by atoms with van der Waals surface area (Å²) in [6.45, 7) is 4.58. The topological polar surface area (TPSA) is 67.9 Å². The van der Waals surface area contributed by atoms with Gasteiger partial charge in [0.2, 0.25) is 0 Å². The van der Waals surface area contributed by atoms with Gasteiger partial charge in [0.25, 0.3) is 5.91 Å². The molecule has 1 amide bonds. The SMILES string of the molecule is O=C(COc1ccc(C(=O)c2ccccc2)cc1)NCc1ccccc1CN1CCOCC1. The first kappa shape index (κ1) is 22.7. The number of carbonyl (C=O) groups is 2. The number of morpholine rings is 1. The Morgan fingerprint density at radius 3 is 2.18 bits per heavy atom. The quantitative estimate of drug-likeness (QED) is 0.512. The maximum absolute atomic E-state index is 12.5. The zero-order valence-electron chi connectivity index (χ0n) is 18.5. The van der Waals surface area contributed by atoms with Crippen molar-refractivity contribution in [3.8, 4) is 5.75 Å². The normalized spacial score (nSPS) is 13.9. The number of rotatable bonds is 9. The van der Waals surface area contributed by atoms with Gasteiger partial charge in [0.05, 0.1) is 13.2 Å². The highest BCUT2D eigenvalue weighted by atomic mass is 16.5. The molecular weight excluding hydrogens is 416 g/mol. The first-order chi connectivity index (χ1) is 16.2. The summed E-state index contributed by atoms with van der Waals surface area (Å²) >= 11 is 0. The Morgan fingerprint density at radius 1 is 0.818 bits per heavy atom. The number of hydrogen-bond donors (Lipinski definition) is 1. The number of ether oxygens (including phenoxy) is 2. The minimum Gasteiger partial charge on any atom is -0.484 e. The Hall–Kier alpha value is -3.48. The van der Waals surface area contributed by atoms with Crippen molar-refractivity contribution in [2.45, 2.75) is 13.1 Å². The summed E-state index contributed by atoms with van der Waals surface area (Å²) in [5, 5.41) is 2.94. The van der Waals surface area contributed by atoms with Crippen LogP contribution in [0.3, 0.4) is 0 Å². The third-order valence-corrected chi connectivity index (χ3v) is 5.61. The van der Waals surface area contributed by atoms with E-state index in [9.17, 15) is 9.59 Å². The second-order valence-electron chi connectivity index (χ2n) is 7.94. The molecule has 1 saturated heterocycles. The number of ketones is 1. The van der Waals surface area contributed by atoms with Gasteiger partial charge >= 0.3 is 0 Å². The van der Waals surface area contributed by atoms with Crippen LogP contribution in [0.4, 0.5) is 0 Å². The highest BCUT2D eigenvalue weighted by Crippen LogP contribution is 2.16. The highest BCUT2D eigenvalue weighted by Gasteiger charge is 2.13. The zero-order chi connectivity index (χ0) is 22.9. The van der Waals surface area contributed by atoms with E-state index in [2.05, 4.69) is 16.3 Å². The molecule has 170 valence electrons. The molecule has 1 heterocycles. The predicted octanol–water partition coefficient (Wildman–Crippen LogP) is 3.45. The molecule has 3 aromatic rings. The fourth-order valence-corrected chi connectivity index (χ4v) is 3.74. The Labute approximate surface area is 194 Å². The average molecular weight is 445 g/mol. The molecule has 0 aromatic heterocycles. The number of carbonyl (C=O) groups excluding carboxylic acids is 2. The summed E-state index contributed by atoms with van der Waals surface area (Å²) in [4.78, 5) is 27.2. The largest absolute Gasteiger partial charge is 0.484 e. The van der Waals surface area contributed by atoms with Gasteiger partial charge in [0.1, 0.15) is 5.75 Å². The molecule has 0 saturated carbocycles. The maximum Gasteiger partial charge on any atom is 0.258 e. The van der Waals surface area contributed by atoms with E-state index < -0.39 is 0 Å². The lowest BCUT2D eigenvalue weighted by Crippen LogP contribution is -2.36. The van der Waals surface area contributed by atoms with E-state index in [4.69, 9.17) is 9.47 Å². The van der Waals surface area contributed by atoms with Crippen molar-refractivity contribution in [1.29, 1.82) is 0 Å². The van der Waals surface area contributed by atoms with Crippen molar-refractivity contribution in [1.82, 2.24) is 10.2 Å². The van der Waals surface area contributed by atoms with Crippen LogP contribution in [0.5, 0.6) is 5.75 Å². The molecule has 0 aliphatic carbocycles. The molecule has 0 spiro atoms. The average Bonchev–Trinajstić information content (AvgIpc) is 2.88. The fourth-order valence-electron chi connectivity index (χ4n) is 3.74. The van der Waals surface area contributed by atoms with E-state index in [1.165, 1.54) is 5.56 Å². The molecule has 0 atom stereocenters. The molecule has 6 heteroatoms. The van der Waals surface area contributed by atoms with Crippen LogP contribution in [0.15, 0.2) is 78.9 Å². The second-order valence-corrected chi connectivity index (χ2v) is 7.94. The van der Waals surface area contributed by atoms with Gasteiger partial charge in [-0.05, 0) is 35.4 Å². The first-order valence-corrected chi connectivity index (χ1v) is 11.2. The first-order valence-electron chi connectivity index (χ1n) is 11.2. The summed E-state index contributed by atoms with van der Waals surface area (Å²) in [5.74, 6) is 0.304. The van der Waals surface area contributed by atoms with E-state index >= 15 is 0 Å². The van der Waals surface area contributed by atoms with Crippen molar-refractivity contribution in [3.63, 3.8) is 0 Å². The van der Waals surface area contributed by atoms with Crippen LogP contribution in [0.25, 0.3) is 0 Å². The standard InChI is InChI=1S/C27H28N2O4/c30-26(28-18-23-8-4-5-9-24(23)19-29-14-16-32-17-15-29)20-33-25-12-10-22(11-13-25)27(31)21-6-2-1-3-7-21/h1-13H,14-20H2,(H,28,30). The van der Waals surface area contributed by atoms with Crippen LogP contribution in [0.1, 0.15) is 27.0 Å². The van der Waals surface area contributed by atoms with Gasteiger partial charge in [-0.25, -0.2) is 0 Å². The van der Waals surface area contributed by atoms with Crippen molar-refractivity contribution in [2.75, 3.05) is 32.9 Å². The third-order valence-electron chi connectivity index (χ3n) is 5.61. The van der Waals surface area contributed by atoms with Gasteiger partial charge in [0, 0.05) is 37.3 Å². The van der Waals surface area contributed by atoms with E-state index in [1.54, 1.807) is 36.4 Å².